The van der Waals surface area contributed by atoms with Crippen molar-refractivity contribution in [2.75, 3.05) is 13.3 Å². The Morgan fingerprint density at radius 2 is 2.26 bits per heavy atom. The van der Waals surface area contributed by atoms with Crippen LogP contribution in [0.3, 0.4) is 0 Å². The van der Waals surface area contributed by atoms with Gasteiger partial charge in [-0.05, 0) is 39.7 Å². The van der Waals surface area contributed by atoms with Gasteiger partial charge in [0.15, 0.2) is 11.5 Å². The molecule has 2 heterocycles. The van der Waals surface area contributed by atoms with Crippen LogP contribution in [0.25, 0.3) is 6.08 Å². The Morgan fingerprint density at radius 3 is 3.00 bits per heavy atom. The van der Waals surface area contributed by atoms with Gasteiger partial charge in [0.1, 0.15) is 4.32 Å². The van der Waals surface area contributed by atoms with Crippen LogP contribution >= 0.6 is 39.9 Å². The fourth-order valence-corrected chi connectivity index (χ4v) is 4.00. The molecule has 0 unspecified atom stereocenters. The SMILES string of the molecule is O=C(O)CCN1C(=O)C(=Cc2cc(Br)c3c(c2)OCO3)SC1=S. The number of carbonyl (C=O) groups excluding carboxylic acids is 1. The number of halogens is 1. The molecule has 0 spiro atoms. The summed E-state index contributed by atoms with van der Waals surface area (Å²) in [5.74, 6) is -0.0130. The quantitative estimate of drug-likeness (QED) is 0.598. The summed E-state index contributed by atoms with van der Waals surface area (Å²) in [4.78, 5) is 24.8. The fourth-order valence-electron chi connectivity index (χ4n) is 2.12. The van der Waals surface area contributed by atoms with Gasteiger partial charge in [-0.2, -0.15) is 0 Å². The van der Waals surface area contributed by atoms with Crippen molar-refractivity contribution in [2.24, 2.45) is 0 Å². The molecule has 1 fully saturated rings. The van der Waals surface area contributed by atoms with E-state index >= 15 is 0 Å². The first-order chi connectivity index (χ1) is 11.0. The van der Waals surface area contributed by atoms with Crippen LogP contribution in [0.4, 0.5) is 0 Å². The number of hydrogen-bond acceptors (Lipinski definition) is 6. The summed E-state index contributed by atoms with van der Waals surface area (Å²) in [5, 5.41) is 8.73. The molecule has 0 aliphatic carbocycles. The van der Waals surface area contributed by atoms with Crippen molar-refractivity contribution < 1.29 is 24.2 Å². The summed E-state index contributed by atoms with van der Waals surface area (Å²) in [6.07, 6.45) is 1.56. The summed E-state index contributed by atoms with van der Waals surface area (Å²) in [7, 11) is 0. The Hall–Kier alpha value is -1.58. The predicted octanol–water partition coefficient (Wildman–Crippen LogP) is 2.85. The van der Waals surface area contributed by atoms with Crippen LogP contribution in [0.5, 0.6) is 11.5 Å². The molecule has 2 aliphatic rings. The normalized spacial score (nSPS) is 18.1. The minimum Gasteiger partial charge on any atom is -0.481 e. The number of amides is 1. The Bertz CT molecular complexity index is 749. The van der Waals surface area contributed by atoms with Gasteiger partial charge in [-0.15, -0.1) is 0 Å². The number of carboxylic acids is 1. The molecule has 2 aliphatic heterocycles. The molecule has 9 heteroatoms. The van der Waals surface area contributed by atoms with Gasteiger partial charge in [0, 0.05) is 6.54 Å². The smallest absolute Gasteiger partial charge is 0.305 e. The number of carboxylic acid groups (broad SMARTS) is 1. The molecule has 0 atom stereocenters. The van der Waals surface area contributed by atoms with Gasteiger partial charge in [0.25, 0.3) is 5.91 Å². The zero-order chi connectivity index (χ0) is 16.6. The third kappa shape index (κ3) is 3.36. The minimum atomic E-state index is -0.970. The van der Waals surface area contributed by atoms with Crippen LogP contribution in [-0.4, -0.2) is 39.5 Å². The summed E-state index contributed by atoms with van der Waals surface area (Å²) in [5.41, 5.74) is 0.764. The van der Waals surface area contributed by atoms with Crippen LogP contribution in [0.15, 0.2) is 21.5 Å². The van der Waals surface area contributed by atoms with E-state index in [-0.39, 0.29) is 25.7 Å². The molecular formula is C14H10BrNO5S2. The van der Waals surface area contributed by atoms with Gasteiger partial charge in [0.2, 0.25) is 6.79 Å². The monoisotopic (exact) mass is 415 g/mol. The molecule has 0 radical (unpaired) electrons. The van der Waals surface area contributed by atoms with Gasteiger partial charge < -0.3 is 14.6 Å². The Labute approximate surface area is 149 Å². The highest BCUT2D eigenvalue weighted by molar-refractivity contribution is 9.10. The summed E-state index contributed by atoms with van der Waals surface area (Å²) in [6.45, 7) is 0.233. The van der Waals surface area contributed by atoms with E-state index < -0.39 is 5.97 Å². The van der Waals surface area contributed by atoms with Gasteiger partial charge in [-0.3, -0.25) is 14.5 Å². The van der Waals surface area contributed by atoms with E-state index in [1.807, 2.05) is 6.07 Å². The zero-order valence-corrected chi connectivity index (χ0v) is 14.8. The lowest BCUT2D eigenvalue weighted by molar-refractivity contribution is -0.137. The third-order valence-electron chi connectivity index (χ3n) is 3.17. The summed E-state index contributed by atoms with van der Waals surface area (Å²) in [6, 6.07) is 3.59. The summed E-state index contributed by atoms with van der Waals surface area (Å²) < 4.78 is 11.8. The molecule has 1 N–H and O–H groups in total. The van der Waals surface area contributed by atoms with Crippen molar-refractivity contribution >= 4 is 62.2 Å². The second-order valence-electron chi connectivity index (χ2n) is 4.71. The highest BCUT2D eigenvalue weighted by Crippen LogP contribution is 2.41. The molecule has 0 bridgehead atoms. The molecular weight excluding hydrogens is 406 g/mol. The van der Waals surface area contributed by atoms with E-state index in [4.69, 9.17) is 26.8 Å². The first-order valence-corrected chi connectivity index (χ1v) is 8.54. The Kier molecular flexibility index (Phi) is 4.60. The van der Waals surface area contributed by atoms with Crippen LogP contribution in [0, 0.1) is 0 Å². The Morgan fingerprint density at radius 1 is 1.48 bits per heavy atom. The second-order valence-corrected chi connectivity index (χ2v) is 7.24. The van der Waals surface area contributed by atoms with Crippen molar-refractivity contribution in [2.45, 2.75) is 6.42 Å². The highest BCUT2D eigenvalue weighted by atomic mass is 79.9. The first-order valence-electron chi connectivity index (χ1n) is 6.52. The van der Waals surface area contributed by atoms with Crippen LogP contribution in [-0.2, 0) is 9.59 Å². The maximum atomic E-state index is 12.3. The lowest BCUT2D eigenvalue weighted by Gasteiger charge is -2.12. The standard InChI is InChI=1S/C14H10BrNO5S2/c15-8-3-7(4-9-12(8)21-6-20-9)5-10-13(19)16(14(22)23-10)2-1-11(17)18/h3-5H,1-2,6H2,(H,17,18). The van der Waals surface area contributed by atoms with Crippen LogP contribution in [0.1, 0.15) is 12.0 Å². The molecule has 6 nitrogen and oxygen atoms in total. The van der Waals surface area contributed by atoms with Crippen molar-refractivity contribution in [1.29, 1.82) is 0 Å². The molecule has 0 aromatic heterocycles. The van der Waals surface area contributed by atoms with E-state index in [0.29, 0.717) is 20.7 Å². The van der Waals surface area contributed by atoms with E-state index in [1.54, 1.807) is 12.1 Å². The molecule has 1 aromatic rings. The third-order valence-corrected chi connectivity index (χ3v) is 5.14. The summed E-state index contributed by atoms with van der Waals surface area (Å²) >= 11 is 9.70. The molecule has 3 rings (SSSR count). The average molecular weight is 416 g/mol. The zero-order valence-electron chi connectivity index (χ0n) is 11.6. The lowest BCUT2D eigenvalue weighted by atomic mass is 10.2. The predicted molar refractivity (Wildman–Crippen MR) is 92.4 cm³/mol. The van der Waals surface area contributed by atoms with Gasteiger partial charge >= 0.3 is 5.97 Å². The largest absolute Gasteiger partial charge is 0.481 e. The minimum absolute atomic E-state index is 0.0716. The number of nitrogens with zero attached hydrogens (tertiary/aromatic N) is 1. The van der Waals surface area contributed by atoms with Crippen molar-refractivity contribution in [3.63, 3.8) is 0 Å². The molecule has 1 aromatic carbocycles. The van der Waals surface area contributed by atoms with E-state index in [0.717, 1.165) is 21.8 Å². The number of fused-ring (bicyclic) bond motifs is 1. The fraction of sp³-hybridized carbons (Fsp3) is 0.214. The Balaban J connectivity index is 1.83. The van der Waals surface area contributed by atoms with E-state index in [1.165, 1.54) is 4.90 Å². The number of thiocarbonyl (C=S) groups is 1. The molecule has 120 valence electrons. The molecule has 1 amide bonds. The van der Waals surface area contributed by atoms with Gasteiger partial charge in [-0.25, -0.2) is 0 Å². The average Bonchev–Trinajstić information content (AvgIpc) is 3.04. The number of ether oxygens (including phenoxy) is 2. The number of rotatable bonds is 4. The number of hydrogen-bond donors (Lipinski definition) is 1. The van der Waals surface area contributed by atoms with Crippen molar-refractivity contribution in [3.8, 4) is 11.5 Å². The van der Waals surface area contributed by atoms with Crippen molar-refractivity contribution in [1.82, 2.24) is 4.90 Å². The number of carbonyl (C=O) groups is 2. The van der Waals surface area contributed by atoms with E-state index in [2.05, 4.69) is 15.9 Å². The van der Waals surface area contributed by atoms with Crippen molar-refractivity contribution in [3.05, 3.63) is 27.1 Å². The first kappa shape index (κ1) is 16.3. The maximum Gasteiger partial charge on any atom is 0.305 e. The molecule has 1 saturated heterocycles. The topological polar surface area (TPSA) is 76.1 Å². The molecule has 23 heavy (non-hydrogen) atoms. The highest BCUT2D eigenvalue weighted by Gasteiger charge is 2.32. The number of thioether (sulfide) groups is 1. The van der Waals surface area contributed by atoms with Gasteiger partial charge in [-0.1, -0.05) is 24.0 Å². The van der Waals surface area contributed by atoms with Gasteiger partial charge in [0.05, 0.1) is 15.8 Å². The number of benzene rings is 1. The molecule has 0 saturated carbocycles. The van der Waals surface area contributed by atoms with E-state index in [9.17, 15) is 9.59 Å². The lowest BCUT2D eigenvalue weighted by Crippen LogP contribution is -2.30. The second kappa shape index (κ2) is 6.50. The van der Waals surface area contributed by atoms with Crippen LogP contribution < -0.4 is 9.47 Å². The number of aliphatic carboxylic acids is 1. The van der Waals surface area contributed by atoms with Crippen LogP contribution in [0.2, 0.25) is 0 Å². The maximum absolute atomic E-state index is 12.3.